The fourth-order valence-corrected chi connectivity index (χ4v) is 2.61. The summed E-state index contributed by atoms with van der Waals surface area (Å²) in [6.07, 6.45) is 0.415. The van der Waals surface area contributed by atoms with Crippen LogP contribution in [0.5, 0.6) is 11.5 Å². The molecule has 0 heterocycles. The van der Waals surface area contributed by atoms with Gasteiger partial charge in [-0.3, -0.25) is 9.59 Å². The lowest BCUT2D eigenvalue weighted by Crippen LogP contribution is -2.31. The summed E-state index contributed by atoms with van der Waals surface area (Å²) in [4.78, 5) is 24.3. The first-order valence-electron chi connectivity index (χ1n) is 9.58. The molecule has 0 radical (unpaired) electrons. The van der Waals surface area contributed by atoms with Crippen molar-refractivity contribution >= 4 is 11.8 Å². The van der Waals surface area contributed by atoms with Gasteiger partial charge in [-0.05, 0) is 56.2 Å². The Morgan fingerprint density at radius 2 is 1.79 bits per heavy atom. The van der Waals surface area contributed by atoms with Crippen molar-refractivity contribution in [3.63, 3.8) is 0 Å². The topological polar surface area (TPSA) is 76.7 Å². The molecule has 0 spiro atoms. The molecule has 0 aliphatic rings. The minimum atomic E-state index is -0.291. The van der Waals surface area contributed by atoms with Crippen molar-refractivity contribution in [1.82, 2.24) is 10.6 Å². The number of aryl methyl sites for hydroxylation is 2. The van der Waals surface area contributed by atoms with Crippen LogP contribution in [0.3, 0.4) is 0 Å². The number of benzene rings is 2. The van der Waals surface area contributed by atoms with Gasteiger partial charge in [0.25, 0.3) is 11.8 Å². The summed E-state index contributed by atoms with van der Waals surface area (Å²) in [5.41, 5.74) is 3.26. The van der Waals surface area contributed by atoms with Crippen LogP contribution in [-0.4, -0.2) is 31.6 Å². The van der Waals surface area contributed by atoms with E-state index in [0.29, 0.717) is 42.3 Å². The predicted octanol–water partition coefficient (Wildman–Crippen LogP) is 3.53. The molecule has 2 aromatic carbocycles. The van der Waals surface area contributed by atoms with E-state index in [4.69, 9.17) is 9.47 Å². The molecule has 0 aliphatic carbocycles. The van der Waals surface area contributed by atoms with Gasteiger partial charge in [0.15, 0.2) is 6.61 Å². The summed E-state index contributed by atoms with van der Waals surface area (Å²) < 4.78 is 11.0. The van der Waals surface area contributed by atoms with Crippen molar-refractivity contribution in [2.75, 3.05) is 19.8 Å². The number of carbonyl (C=O) groups excluding carboxylic acids is 2. The lowest BCUT2D eigenvalue weighted by Gasteiger charge is -2.12. The second kappa shape index (κ2) is 10.9. The molecule has 0 bridgehead atoms. The van der Waals surface area contributed by atoms with Gasteiger partial charge in [0.2, 0.25) is 0 Å². The first-order valence-corrected chi connectivity index (χ1v) is 9.58. The molecular weight excluding hydrogens is 368 g/mol. The van der Waals surface area contributed by atoms with Crippen molar-refractivity contribution in [2.45, 2.75) is 27.2 Å². The third kappa shape index (κ3) is 6.99. The highest BCUT2D eigenvalue weighted by atomic mass is 16.5. The van der Waals surface area contributed by atoms with E-state index in [9.17, 15) is 9.59 Å². The van der Waals surface area contributed by atoms with Crippen LogP contribution in [0.2, 0.25) is 0 Å². The highest BCUT2D eigenvalue weighted by Gasteiger charge is 2.12. The lowest BCUT2D eigenvalue weighted by molar-refractivity contribution is -0.122. The maximum absolute atomic E-state index is 12.3. The molecule has 2 rings (SSSR count). The molecule has 154 valence electrons. The van der Waals surface area contributed by atoms with Gasteiger partial charge in [-0.15, -0.1) is 0 Å². The van der Waals surface area contributed by atoms with Crippen molar-refractivity contribution in [3.8, 4) is 11.5 Å². The van der Waals surface area contributed by atoms with Gasteiger partial charge in [-0.1, -0.05) is 24.8 Å². The summed E-state index contributed by atoms with van der Waals surface area (Å²) in [5, 5.41) is 5.50. The molecule has 2 N–H and O–H groups in total. The van der Waals surface area contributed by atoms with Gasteiger partial charge in [-0.25, -0.2) is 0 Å². The summed E-state index contributed by atoms with van der Waals surface area (Å²) in [6, 6.07) is 12.8. The summed E-state index contributed by atoms with van der Waals surface area (Å²) in [6.45, 7) is 10.4. The Morgan fingerprint density at radius 1 is 1.03 bits per heavy atom. The SMILES string of the molecule is C=C(CCNC(=O)c1ccccc1OCC)NC(=O)COc1ccc(C)c(C)c1. The van der Waals surface area contributed by atoms with E-state index in [1.165, 1.54) is 5.56 Å². The number of ether oxygens (including phenoxy) is 2. The fourth-order valence-electron chi connectivity index (χ4n) is 2.61. The van der Waals surface area contributed by atoms with Gasteiger partial charge in [0, 0.05) is 18.7 Å². The zero-order valence-electron chi connectivity index (χ0n) is 17.2. The maximum atomic E-state index is 12.3. The van der Waals surface area contributed by atoms with Crippen LogP contribution in [-0.2, 0) is 4.79 Å². The van der Waals surface area contributed by atoms with E-state index < -0.39 is 0 Å². The zero-order valence-corrected chi connectivity index (χ0v) is 17.2. The first kappa shape index (κ1) is 22.0. The van der Waals surface area contributed by atoms with E-state index in [0.717, 1.165) is 5.56 Å². The van der Waals surface area contributed by atoms with Gasteiger partial charge in [0.1, 0.15) is 11.5 Å². The summed E-state index contributed by atoms with van der Waals surface area (Å²) in [5.74, 6) is 0.671. The molecule has 0 unspecified atom stereocenters. The number of para-hydroxylation sites is 1. The van der Waals surface area contributed by atoms with Crippen molar-refractivity contribution in [3.05, 3.63) is 71.4 Å². The molecule has 0 atom stereocenters. The largest absolute Gasteiger partial charge is 0.493 e. The number of carbonyl (C=O) groups is 2. The zero-order chi connectivity index (χ0) is 21.2. The van der Waals surface area contributed by atoms with E-state index >= 15 is 0 Å². The quantitative estimate of drug-likeness (QED) is 0.644. The van der Waals surface area contributed by atoms with Gasteiger partial charge >= 0.3 is 0 Å². The Morgan fingerprint density at radius 3 is 2.52 bits per heavy atom. The van der Waals surface area contributed by atoms with E-state index in [2.05, 4.69) is 17.2 Å². The number of amides is 2. The summed E-state index contributed by atoms with van der Waals surface area (Å²) >= 11 is 0. The minimum absolute atomic E-state index is 0.102. The summed E-state index contributed by atoms with van der Waals surface area (Å²) in [7, 11) is 0. The van der Waals surface area contributed by atoms with Crippen LogP contribution in [0.1, 0.15) is 34.8 Å². The molecule has 0 aliphatic heterocycles. The van der Waals surface area contributed by atoms with E-state index in [-0.39, 0.29) is 18.4 Å². The monoisotopic (exact) mass is 396 g/mol. The fraction of sp³-hybridized carbons (Fsp3) is 0.304. The normalized spacial score (nSPS) is 10.2. The molecule has 29 heavy (non-hydrogen) atoms. The van der Waals surface area contributed by atoms with Gasteiger partial charge in [-0.2, -0.15) is 0 Å². The Bertz CT molecular complexity index is 877. The lowest BCUT2D eigenvalue weighted by atomic mass is 10.1. The van der Waals surface area contributed by atoms with Crippen molar-refractivity contribution < 1.29 is 19.1 Å². The first-order chi connectivity index (χ1) is 13.9. The number of hydrogen-bond donors (Lipinski definition) is 2. The van der Waals surface area contributed by atoms with E-state index in [1.54, 1.807) is 18.2 Å². The molecule has 6 heteroatoms. The smallest absolute Gasteiger partial charge is 0.262 e. The van der Waals surface area contributed by atoms with Crippen molar-refractivity contribution in [1.29, 1.82) is 0 Å². The predicted molar refractivity (Wildman–Crippen MR) is 113 cm³/mol. The molecule has 6 nitrogen and oxygen atoms in total. The Labute approximate surface area is 171 Å². The number of hydrogen-bond acceptors (Lipinski definition) is 4. The number of rotatable bonds is 10. The second-order valence-electron chi connectivity index (χ2n) is 6.62. The number of nitrogens with one attached hydrogen (secondary N) is 2. The third-order valence-corrected chi connectivity index (χ3v) is 4.31. The van der Waals surface area contributed by atoms with Crippen molar-refractivity contribution in [2.24, 2.45) is 0 Å². The Kier molecular flexibility index (Phi) is 8.27. The maximum Gasteiger partial charge on any atom is 0.262 e. The van der Waals surface area contributed by atoms with Crippen LogP contribution < -0.4 is 20.1 Å². The van der Waals surface area contributed by atoms with Gasteiger partial charge in [0.05, 0.1) is 12.2 Å². The van der Waals surface area contributed by atoms with Crippen LogP contribution in [0.15, 0.2) is 54.7 Å². The molecule has 2 aromatic rings. The second-order valence-corrected chi connectivity index (χ2v) is 6.62. The van der Waals surface area contributed by atoms with Gasteiger partial charge < -0.3 is 20.1 Å². The third-order valence-electron chi connectivity index (χ3n) is 4.31. The highest BCUT2D eigenvalue weighted by Crippen LogP contribution is 2.18. The Hall–Kier alpha value is -3.28. The molecule has 0 saturated heterocycles. The molecule has 2 amide bonds. The molecular formula is C23H28N2O4. The average molecular weight is 396 g/mol. The molecule has 0 saturated carbocycles. The highest BCUT2D eigenvalue weighted by molar-refractivity contribution is 5.96. The van der Waals surface area contributed by atoms with Crippen LogP contribution in [0.25, 0.3) is 0 Å². The molecule has 0 aromatic heterocycles. The standard InChI is InChI=1S/C23H28N2O4/c1-5-28-21-9-7-6-8-20(21)23(27)24-13-12-18(4)25-22(26)15-29-19-11-10-16(2)17(3)14-19/h6-11,14H,4-5,12-13,15H2,1-3H3,(H,24,27)(H,25,26). The van der Waals surface area contributed by atoms with Crippen LogP contribution >= 0.6 is 0 Å². The van der Waals surface area contributed by atoms with Crippen LogP contribution in [0, 0.1) is 13.8 Å². The van der Waals surface area contributed by atoms with E-state index in [1.807, 2.05) is 45.0 Å². The minimum Gasteiger partial charge on any atom is -0.493 e. The average Bonchev–Trinajstić information content (AvgIpc) is 2.69. The Balaban J connectivity index is 1.73. The van der Waals surface area contributed by atoms with Crippen LogP contribution in [0.4, 0.5) is 0 Å². The molecule has 0 fully saturated rings.